The quantitative estimate of drug-likeness (QED) is 0.490. The van der Waals surface area contributed by atoms with E-state index in [9.17, 15) is 0 Å². The molecule has 4 fully saturated rings. The van der Waals surface area contributed by atoms with E-state index in [0.29, 0.717) is 4.32 Å². The van der Waals surface area contributed by atoms with Crippen LogP contribution in [0.3, 0.4) is 0 Å². The minimum absolute atomic E-state index is 0.536. The van der Waals surface area contributed by atoms with Crippen molar-refractivity contribution in [2.45, 2.75) is 95.2 Å². The van der Waals surface area contributed by atoms with Crippen molar-refractivity contribution < 1.29 is 0 Å². The third-order valence-electron chi connectivity index (χ3n) is 6.35. The van der Waals surface area contributed by atoms with Gasteiger partial charge in [-0.25, -0.2) is 0 Å². The summed E-state index contributed by atoms with van der Waals surface area (Å²) in [6.45, 7) is 4.72. The minimum Gasteiger partial charge on any atom is -0.0853 e. The van der Waals surface area contributed by atoms with Gasteiger partial charge < -0.3 is 0 Å². The van der Waals surface area contributed by atoms with Gasteiger partial charge in [0, 0.05) is 4.32 Å². The smallest absolute Gasteiger partial charge is 0.0271 e. The molecule has 4 bridgehead atoms. The molecular formula is C18H31Br. The summed E-state index contributed by atoms with van der Waals surface area (Å²) in [5, 5.41) is 0. The van der Waals surface area contributed by atoms with Gasteiger partial charge in [0.1, 0.15) is 0 Å². The fourth-order valence-corrected chi connectivity index (χ4v) is 8.03. The van der Waals surface area contributed by atoms with Crippen molar-refractivity contribution >= 4 is 15.9 Å². The molecule has 0 aromatic heterocycles. The Morgan fingerprint density at radius 2 is 1.37 bits per heavy atom. The first-order valence-corrected chi connectivity index (χ1v) is 9.51. The first-order valence-electron chi connectivity index (χ1n) is 8.72. The summed E-state index contributed by atoms with van der Waals surface area (Å²) >= 11 is 4.21. The zero-order valence-electron chi connectivity index (χ0n) is 12.9. The Kier molecular flexibility index (Phi) is 3.82. The second-order valence-electron chi connectivity index (χ2n) is 8.37. The summed E-state index contributed by atoms with van der Waals surface area (Å²) in [5.74, 6) is 1.05. The summed E-state index contributed by atoms with van der Waals surface area (Å²) in [6, 6.07) is 0. The Bertz CT molecular complexity index is 311. The molecule has 0 N–H and O–H groups in total. The predicted octanol–water partition coefficient (Wildman–Crippen LogP) is 6.47. The van der Waals surface area contributed by atoms with E-state index in [1.54, 1.807) is 19.3 Å². The number of hydrogen-bond acceptors (Lipinski definition) is 0. The first-order chi connectivity index (χ1) is 9.03. The van der Waals surface area contributed by atoms with Crippen LogP contribution in [0.1, 0.15) is 90.9 Å². The highest BCUT2D eigenvalue weighted by Crippen LogP contribution is 2.71. The average Bonchev–Trinajstić information content (AvgIpc) is 2.31. The molecular weight excluding hydrogens is 296 g/mol. The van der Waals surface area contributed by atoms with E-state index < -0.39 is 0 Å². The number of rotatable bonds is 6. The van der Waals surface area contributed by atoms with Crippen molar-refractivity contribution in [2.75, 3.05) is 0 Å². The highest BCUT2D eigenvalue weighted by Gasteiger charge is 2.61. The molecule has 19 heavy (non-hydrogen) atoms. The Balaban J connectivity index is 1.81. The van der Waals surface area contributed by atoms with Gasteiger partial charge in [-0.2, -0.15) is 0 Å². The highest BCUT2D eigenvalue weighted by molar-refractivity contribution is 9.10. The van der Waals surface area contributed by atoms with Crippen LogP contribution in [0.2, 0.25) is 0 Å². The molecule has 4 rings (SSSR count). The van der Waals surface area contributed by atoms with Crippen LogP contribution in [0, 0.1) is 16.7 Å². The molecule has 110 valence electrons. The van der Waals surface area contributed by atoms with Gasteiger partial charge in [0.25, 0.3) is 0 Å². The Morgan fingerprint density at radius 3 is 1.79 bits per heavy atom. The van der Waals surface area contributed by atoms with Crippen molar-refractivity contribution in [3.8, 4) is 0 Å². The van der Waals surface area contributed by atoms with E-state index in [2.05, 4.69) is 29.8 Å². The van der Waals surface area contributed by atoms with Gasteiger partial charge in [-0.15, -0.1) is 0 Å². The van der Waals surface area contributed by atoms with Gasteiger partial charge in [-0.3, -0.25) is 0 Å². The second-order valence-corrected chi connectivity index (χ2v) is 10.0. The maximum absolute atomic E-state index is 4.21. The normalized spacial score (nSPS) is 47.8. The van der Waals surface area contributed by atoms with E-state index in [-0.39, 0.29) is 0 Å². The maximum atomic E-state index is 4.21. The van der Waals surface area contributed by atoms with Crippen molar-refractivity contribution in [3.63, 3.8) is 0 Å². The fourth-order valence-electron chi connectivity index (χ4n) is 6.38. The molecule has 2 atom stereocenters. The number of unbranched alkanes of at least 4 members (excludes halogenated alkanes) is 2. The molecule has 2 unspecified atom stereocenters. The topological polar surface area (TPSA) is 0 Å². The van der Waals surface area contributed by atoms with Gasteiger partial charge in [-0.05, 0) is 68.1 Å². The predicted molar refractivity (Wildman–Crippen MR) is 86.8 cm³/mol. The van der Waals surface area contributed by atoms with E-state index in [1.165, 1.54) is 57.8 Å². The standard InChI is InChI=1S/C18H31Br/c1-3-5-7-16-9-15-10-17(12-16,8-6-4-2)14-18(19,11-15)13-16/h15H,3-14H2,1-2H3. The third-order valence-corrected chi connectivity index (χ3v) is 7.24. The van der Waals surface area contributed by atoms with Crippen LogP contribution in [0.4, 0.5) is 0 Å². The minimum atomic E-state index is 0.536. The molecule has 0 aromatic carbocycles. The van der Waals surface area contributed by atoms with Crippen LogP contribution in [-0.4, -0.2) is 4.32 Å². The zero-order chi connectivity index (χ0) is 13.6. The van der Waals surface area contributed by atoms with E-state index in [1.807, 2.05) is 0 Å². The maximum Gasteiger partial charge on any atom is 0.0271 e. The Hall–Kier alpha value is 0.480. The van der Waals surface area contributed by atoms with Crippen LogP contribution in [0.25, 0.3) is 0 Å². The van der Waals surface area contributed by atoms with E-state index >= 15 is 0 Å². The summed E-state index contributed by atoms with van der Waals surface area (Å²) in [5.41, 5.74) is 1.46. The summed E-state index contributed by atoms with van der Waals surface area (Å²) in [7, 11) is 0. The van der Waals surface area contributed by atoms with E-state index in [4.69, 9.17) is 0 Å². The number of hydrogen-bond donors (Lipinski definition) is 0. The van der Waals surface area contributed by atoms with Gasteiger partial charge in [-0.1, -0.05) is 55.5 Å². The van der Waals surface area contributed by atoms with Crippen LogP contribution < -0.4 is 0 Å². The van der Waals surface area contributed by atoms with Gasteiger partial charge in [0.2, 0.25) is 0 Å². The summed E-state index contributed by atoms with van der Waals surface area (Å²) in [4.78, 5) is 0. The molecule has 4 aliphatic carbocycles. The lowest BCUT2D eigenvalue weighted by Gasteiger charge is -2.66. The van der Waals surface area contributed by atoms with Crippen molar-refractivity contribution in [1.82, 2.24) is 0 Å². The first kappa shape index (κ1) is 14.4. The number of alkyl halides is 1. The third kappa shape index (κ3) is 2.65. The molecule has 0 aromatic rings. The lowest BCUT2D eigenvalue weighted by Crippen LogP contribution is -2.57. The number of halogens is 1. The average molecular weight is 327 g/mol. The lowest BCUT2D eigenvalue weighted by atomic mass is 9.42. The monoisotopic (exact) mass is 326 g/mol. The molecule has 1 heteroatoms. The highest BCUT2D eigenvalue weighted by atomic mass is 79.9. The van der Waals surface area contributed by atoms with Gasteiger partial charge in [0.05, 0.1) is 0 Å². The second kappa shape index (κ2) is 5.04. The summed E-state index contributed by atoms with van der Waals surface area (Å²) in [6.07, 6.45) is 17.9. The fraction of sp³-hybridized carbons (Fsp3) is 1.00. The van der Waals surface area contributed by atoms with Gasteiger partial charge in [0.15, 0.2) is 0 Å². The molecule has 4 aliphatic rings. The molecule has 0 nitrogen and oxygen atoms in total. The van der Waals surface area contributed by atoms with Crippen LogP contribution in [0.5, 0.6) is 0 Å². The largest absolute Gasteiger partial charge is 0.0853 e. The van der Waals surface area contributed by atoms with Crippen LogP contribution >= 0.6 is 15.9 Å². The molecule has 4 saturated carbocycles. The Labute approximate surface area is 128 Å². The molecule has 0 amide bonds. The van der Waals surface area contributed by atoms with Crippen LogP contribution in [-0.2, 0) is 0 Å². The van der Waals surface area contributed by atoms with Crippen LogP contribution in [0.15, 0.2) is 0 Å². The molecule has 0 aliphatic heterocycles. The van der Waals surface area contributed by atoms with Crippen molar-refractivity contribution in [2.24, 2.45) is 16.7 Å². The molecule has 0 saturated heterocycles. The van der Waals surface area contributed by atoms with Crippen molar-refractivity contribution in [3.05, 3.63) is 0 Å². The SMILES string of the molecule is CCCCC12CC3CC(Br)(C1)CC(CCCC)(C3)C2. The summed E-state index contributed by atoms with van der Waals surface area (Å²) < 4.78 is 0.536. The van der Waals surface area contributed by atoms with Crippen molar-refractivity contribution in [1.29, 1.82) is 0 Å². The van der Waals surface area contributed by atoms with Gasteiger partial charge >= 0.3 is 0 Å². The molecule has 0 radical (unpaired) electrons. The Morgan fingerprint density at radius 1 is 0.842 bits per heavy atom. The molecule has 0 heterocycles. The zero-order valence-corrected chi connectivity index (χ0v) is 14.5. The lowest BCUT2D eigenvalue weighted by molar-refractivity contribution is -0.103. The molecule has 0 spiro atoms. The van der Waals surface area contributed by atoms with E-state index in [0.717, 1.165) is 16.7 Å².